The number of carbonyl (C=O) groups is 1. The summed E-state index contributed by atoms with van der Waals surface area (Å²) in [5.74, 6) is 0.905. The summed E-state index contributed by atoms with van der Waals surface area (Å²) in [4.78, 5) is 16.5. The Balaban J connectivity index is 1.93. The SMILES string of the molecule is COc1ccc(CN2CCN(C(=O)OC(C)(C)C)C(C)C2)cc1I. The second-order valence-corrected chi connectivity index (χ2v) is 8.39. The first-order valence-corrected chi connectivity index (χ1v) is 9.32. The van der Waals surface area contributed by atoms with Crippen molar-refractivity contribution >= 4 is 28.7 Å². The molecule has 0 spiro atoms. The van der Waals surface area contributed by atoms with E-state index in [0.29, 0.717) is 6.54 Å². The largest absolute Gasteiger partial charge is 0.496 e. The molecule has 1 heterocycles. The standard InChI is InChI=1S/C18H27IN2O3/c1-13-11-20(8-9-21(13)17(22)24-18(2,3)4)12-14-6-7-16(23-5)15(19)10-14/h6-7,10,13H,8-9,11-12H2,1-5H3. The fraction of sp³-hybridized carbons (Fsp3) is 0.611. The van der Waals surface area contributed by atoms with Crippen molar-refractivity contribution < 1.29 is 14.3 Å². The molecule has 1 aliphatic rings. The monoisotopic (exact) mass is 446 g/mol. The van der Waals surface area contributed by atoms with E-state index in [1.807, 2.05) is 31.7 Å². The molecule has 1 atom stereocenters. The Labute approximate surface area is 158 Å². The van der Waals surface area contributed by atoms with Gasteiger partial charge >= 0.3 is 6.09 Å². The van der Waals surface area contributed by atoms with Gasteiger partial charge in [0.05, 0.1) is 10.7 Å². The first-order valence-electron chi connectivity index (χ1n) is 8.24. The fourth-order valence-electron chi connectivity index (χ4n) is 2.83. The van der Waals surface area contributed by atoms with Crippen LogP contribution >= 0.6 is 22.6 Å². The summed E-state index contributed by atoms with van der Waals surface area (Å²) in [5.41, 5.74) is 0.811. The number of amides is 1. The molecule has 0 bridgehead atoms. The van der Waals surface area contributed by atoms with Crippen LogP contribution in [0.5, 0.6) is 5.75 Å². The first-order chi connectivity index (χ1) is 11.2. The maximum Gasteiger partial charge on any atom is 0.410 e. The fourth-order valence-corrected chi connectivity index (χ4v) is 3.63. The van der Waals surface area contributed by atoms with Crippen molar-refractivity contribution in [2.45, 2.75) is 45.9 Å². The Kier molecular flexibility index (Phi) is 6.36. The van der Waals surface area contributed by atoms with Crippen molar-refractivity contribution in [3.8, 4) is 5.75 Å². The van der Waals surface area contributed by atoms with E-state index in [-0.39, 0.29) is 12.1 Å². The minimum atomic E-state index is -0.451. The smallest absolute Gasteiger partial charge is 0.410 e. The molecule has 1 amide bonds. The molecule has 1 fully saturated rings. The molecule has 1 aromatic carbocycles. The molecule has 5 nitrogen and oxygen atoms in total. The van der Waals surface area contributed by atoms with Crippen molar-refractivity contribution in [2.24, 2.45) is 0 Å². The van der Waals surface area contributed by atoms with Crippen molar-refractivity contribution in [1.29, 1.82) is 0 Å². The van der Waals surface area contributed by atoms with Gasteiger partial charge in [0.25, 0.3) is 0 Å². The second-order valence-electron chi connectivity index (χ2n) is 7.23. The lowest BCUT2D eigenvalue weighted by atomic mass is 10.1. The Morgan fingerprint density at radius 2 is 2.04 bits per heavy atom. The summed E-state index contributed by atoms with van der Waals surface area (Å²) in [6, 6.07) is 6.42. The lowest BCUT2D eigenvalue weighted by Crippen LogP contribution is -2.54. The van der Waals surface area contributed by atoms with Gasteiger partial charge in [-0.05, 0) is 68.0 Å². The van der Waals surface area contributed by atoms with E-state index in [1.165, 1.54) is 5.56 Å². The number of halogens is 1. The maximum atomic E-state index is 12.3. The highest BCUT2D eigenvalue weighted by atomic mass is 127. The Morgan fingerprint density at radius 3 is 2.58 bits per heavy atom. The third-order valence-corrected chi connectivity index (χ3v) is 4.81. The molecule has 1 saturated heterocycles. The van der Waals surface area contributed by atoms with Crippen LogP contribution in [0, 0.1) is 3.57 Å². The first kappa shape index (κ1) is 19.3. The van der Waals surface area contributed by atoms with E-state index in [4.69, 9.17) is 9.47 Å². The number of nitrogens with zero attached hydrogens (tertiary/aromatic N) is 2. The van der Waals surface area contributed by atoms with Gasteiger partial charge in [-0.2, -0.15) is 0 Å². The van der Waals surface area contributed by atoms with Gasteiger partial charge in [-0.15, -0.1) is 0 Å². The normalized spacial score (nSPS) is 19.2. The number of carbonyl (C=O) groups excluding carboxylic acids is 1. The van der Waals surface area contributed by atoms with Crippen LogP contribution in [0.25, 0.3) is 0 Å². The molecular formula is C18H27IN2O3. The lowest BCUT2D eigenvalue weighted by molar-refractivity contribution is 0.000558. The Hall–Kier alpha value is -1.02. The topological polar surface area (TPSA) is 42.0 Å². The number of benzene rings is 1. The van der Waals surface area contributed by atoms with E-state index in [9.17, 15) is 4.79 Å². The number of ether oxygens (including phenoxy) is 2. The summed E-state index contributed by atoms with van der Waals surface area (Å²) in [6.07, 6.45) is -0.214. The van der Waals surface area contributed by atoms with Crippen LogP contribution in [0.1, 0.15) is 33.3 Å². The zero-order chi connectivity index (χ0) is 17.9. The Morgan fingerprint density at radius 1 is 1.33 bits per heavy atom. The van der Waals surface area contributed by atoms with Gasteiger partial charge < -0.3 is 14.4 Å². The minimum Gasteiger partial charge on any atom is -0.496 e. The third kappa shape index (κ3) is 5.24. The molecule has 0 saturated carbocycles. The molecule has 6 heteroatoms. The van der Waals surface area contributed by atoms with Gasteiger partial charge in [0, 0.05) is 32.2 Å². The molecule has 0 radical (unpaired) electrons. The van der Waals surface area contributed by atoms with E-state index in [2.05, 4.69) is 46.5 Å². The molecule has 0 N–H and O–H groups in total. The van der Waals surface area contributed by atoms with Gasteiger partial charge in [-0.3, -0.25) is 4.90 Å². The molecule has 0 aliphatic carbocycles. The van der Waals surface area contributed by atoms with Crippen LogP contribution < -0.4 is 4.74 Å². The summed E-state index contributed by atoms with van der Waals surface area (Å²) < 4.78 is 11.9. The third-order valence-electron chi connectivity index (χ3n) is 3.96. The number of rotatable bonds is 3. The zero-order valence-electron chi connectivity index (χ0n) is 15.1. The molecular weight excluding hydrogens is 419 g/mol. The summed E-state index contributed by atoms with van der Waals surface area (Å²) in [5, 5.41) is 0. The molecule has 2 rings (SSSR count). The summed E-state index contributed by atoms with van der Waals surface area (Å²) in [6.45, 7) is 11.1. The van der Waals surface area contributed by atoms with E-state index in [1.54, 1.807) is 7.11 Å². The quantitative estimate of drug-likeness (QED) is 0.664. The highest BCUT2D eigenvalue weighted by molar-refractivity contribution is 14.1. The lowest BCUT2D eigenvalue weighted by Gasteiger charge is -2.40. The number of hydrogen-bond acceptors (Lipinski definition) is 4. The summed E-state index contributed by atoms with van der Waals surface area (Å²) >= 11 is 2.30. The molecule has 24 heavy (non-hydrogen) atoms. The predicted octanol–water partition coefficient (Wildman–Crippen LogP) is 3.74. The predicted molar refractivity (Wildman–Crippen MR) is 103 cm³/mol. The van der Waals surface area contributed by atoms with E-state index < -0.39 is 5.60 Å². The highest BCUT2D eigenvalue weighted by Crippen LogP contribution is 2.23. The van der Waals surface area contributed by atoms with Gasteiger partial charge in [-0.25, -0.2) is 4.79 Å². The molecule has 134 valence electrons. The van der Waals surface area contributed by atoms with Gasteiger partial charge in [0.1, 0.15) is 11.4 Å². The highest BCUT2D eigenvalue weighted by Gasteiger charge is 2.30. The zero-order valence-corrected chi connectivity index (χ0v) is 17.3. The molecule has 1 aromatic rings. The van der Waals surface area contributed by atoms with Crippen molar-refractivity contribution in [2.75, 3.05) is 26.7 Å². The maximum absolute atomic E-state index is 12.3. The van der Waals surface area contributed by atoms with Crippen molar-refractivity contribution in [3.05, 3.63) is 27.3 Å². The van der Waals surface area contributed by atoms with Crippen molar-refractivity contribution in [3.63, 3.8) is 0 Å². The average molecular weight is 446 g/mol. The van der Waals surface area contributed by atoms with Crippen LogP contribution in [0.15, 0.2) is 18.2 Å². The average Bonchev–Trinajstić information content (AvgIpc) is 2.45. The van der Waals surface area contributed by atoms with Crippen LogP contribution in [0.2, 0.25) is 0 Å². The van der Waals surface area contributed by atoms with E-state index >= 15 is 0 Å². The van der Waals surface area contributed by atoms with Gasteiger partial charge in [-0.1, -0.05) is 6.07 Å². The molecule has 1 aliphatic heterocycles. The van der Waals surface area contributed by atoms with Crippen LogP contribution in [-0.2, 0) is 11.3 Å². The van der Waals surface area contributed by atoms with Crippen LogP contribution in [0.4, 0.5) is 4.79 Å². The number of methoxy groups -OCH3 is 1. The van der Waals surface area contributed by atoms with Gasteiger partial charge in [0.15, 0.2) is 0 Å². The number of piperazine rings is 1. The Bertz CT molecular complexity index is 586. The van der Waals surface area contributed by atoms with Crippen LogP contribution in [-0.4, -0.2) is 54.3 Å². The second kappa shape index (κ2) is 7.91. The minimum absolute atomic E-state index is 0.144. The van der Waals surface area contributed by atoms with Crippen LogP contribution in [0.3, 0.4) is 0 Å². The summed E-state index contributed by atoms with van der Waals surface area (Å²) in [7, 11) is 1.69. The van der Waals surface area contributed by atoms with E-state index in [0.717, 1.165) is 29.0 Å². The molecule has 0 aromatic heterocycles. The van der Waals surface area contributed by atoms with Gasteiger partial charge in [0.2, 0.25) is 0 Å². The molecule has 1 unspecified atom stereocenters. The number of hydrogen-bond donors (Lipinski definition) is 0. The van der Waals surface area contributed by atoms with Crippen molar-refractivity contribution in [1.82, 2.24) is 9.80 Å².